The van der Waals surface area contributed by atoms with Gasteiger partial charge >= 0.3 is 0 Å². The molecule has 0 saturated heterocycles. The van der Waals surface area contributed by atoms with Crippen molar-refractivity contribution in [2.75, 3.05) is 18.4 Å². The lowest BCUT2D eigenvalue weighted by Gasteiger charge is -2.10. The van der Waals surface area contributed by atoms with Crippen molar-refractivity contribution < 1.29 is 0 Å². The van der Waals surface area contributed by atoms with E-state index in [-0.39, 0.29) is 0 Å². The summed E-state index contributed by atoms with van der Waals surface area (Å²) in [6.07, 6.45) is 0. The molecule has 2 aliphatic rings. The van der Waals surface area contributed by atoms with Crippen LogP contribution in [0.1, 0.15) is 19.4 Å². The van der Waals surface area contributed by atoms with Crippen LogP contribution in [0.4, 0.5) is 11.4 Å². The van der Waals surface area contributed by atoms with Crippen LogP contribution >= 0.6 is 11.3 Å². The molecule has 27 heavy (non-hydrogen) atoms. The Morgan fingerprint density at radius 1 is 0.889 bits per heavy atom. The summed E-state index contributed by atoms with van der Waals surface area (Å²) in [7, 11) is 0. The van der Waals surface area contributed by atoms with E-state index in [1.54, 1.807) is 11.3 Å². The maximum atomic E-state index is 4.85. The zero-order chi connectivity index (χ0) is 18.8. The van der Waals surface area contributed by atoms with Crippen molar-refractivity contribution in [1.82, 2.24) is 9.56 Å². The van der Waals surface area contributed by atoms with Gasteiger partial charge in [-0.1, -0.05) is 17.7 Å². The summed E-state index contributed by atoms with van der Waals surface area (Å²) in [5.74, 6) is 0. The molecule has 2 aromatic rings. The second-order valence-corrected chi connectivity index (χ2v) is 7.80. The topological polar surface area (TPSA) is 27.9 Å². The van der Waals surface area contributed by atoms with Crippen LogP contribution in [-0.4, -0.2) is 18.1 Å². The number of aromatic nitrogens is 1. The van der Waals surface area contributed by atoms with Gasteiger partial charge in [-0.15, -0.1) is 11.3 Å². The number of hydrogen-bond donors (Lipinski definition) is 1. The molecule has 0 radical (unpaired) electrons. The highest BCUT2D eigenvalue weighted by molar-refractivity contribution is 7.21. The van der Waals surface area contributed by atoms with Crippen LogP contribution in [-0.2, 0) is 0 Å². The van der Waals surface area contributed by atoms with E-state index in [2.05, 4.69) is 91.3 Å². The molecule has 4 rings (SSSR count). The van der Waals surface area contributed by atoms with Crippen molar-refractivity contribution >= 4 is 32.9 Å². The average Bonchev–Trinajstić information content (AvgIpc) is 2.69. The molecule has 2 aromatic carbocycles. The predicted octanol–water partition coefficient (Wildman–Crippen LogP) is 5.27. The summed E-state index contributed by atoms with van der Waals surface area (Å²) in [5.41, 5.74) is 5.55. The Hall–Kier alpha value is -2.72. The molecule has 1 N–H and O–H groups in total. The van der Waals surface area contributed by atoms with Crippen LogP contribution in [0, 0.1) is 6.92 Å². The van der Waals surface area contributed by atoms with Crippen molar-refractivity contribution in [3.8, 4) is 10.6 Å². The highest BCUT2D eigenvalue weighted by atomic mass is 32.1. The number of fused-ring (bicyclic) bond motifs is 2. The molecule has 0 bridgehead atoms. The van der Waals surface area contributed by atoms with Gasteiger partial charge in [0.1, 0.15) is 13.1 Å². The minimum Gasteiger partial charge on any atom is -0.355 e. The van der Waals surface area contributed by atoms with Crippen LogP contribution in [0.25, 0.3) is 20.8 Å². The van der Waals surface area contributed by atoms with Gasteiger partial charge in [0.25, 0.3) is 0 Å². The first kappa shape index (κ1) is 17.7. The fraction of sp³-hybridized carbons (Fsp3) is 0.217. The first-order valence-electron chi connectivity index (χ1n) is 9.42. The molecular weight excluding hydrogens is 350 g/mol. The standard InChI is InChI=1S/C23H23N3S/c1-4-26(5-2)19-11-13-21-23(15-19)27-22-14-18(10-12-20(22)25-21)24-17-8-6-16(3)7-9-17/h6-15H,4-5H2,1-3H3/p+1. The van der Waals surface area contributed by atoms with E-state index < -0.39 is 0 Å². The van der Waals surface area contributed by atoms with E-state index in [0.29, 0.717) is 0 Å². The van der Waals surface area contributed by atoms with Gasteiger partial charge in [0.05, 0.1) is 20.8 Å². The Balaban J connectivity index is 1.78. The van der Waals surface area contributed by atoms with Gasteiger partial charge in [-0.05, 0) is 57.2 Å². The minimum absolute atomic E-state index is 1.01. The number of hydrogen-bond acceptors (Lipinski definition) is 3. The Morgan fingerprint density at radius 3 is 2.37 bits per heavy atom. The van der Waals surface area contributed by atoms with E-state index in [1.165, 1.54) is 20.5 Å². The molecule has 0 spiro atoms. The summed E-state index contributed by atoms with van der Waals surface area (Å²) >= 11 is 1.80. The van der Waals surface area contributed by atoms with Crippen molar-refractivity contribution in [3.63, 3.8) is 0 Å². The third-order valence-corrected chi connectivity index (χ3v) is 5.93. The summed E-state index contributed by atoms with van der Waals surface area (Å²) in [6, 6.07) is 21.4. The number of benzene rings is 3. The fourth-order valence-corrected chi connectivity index (χ4v) is 4.32. The Kier molecular flexibility index (Phi) is 4.90. The second-order valence-electron chi connectivity index (χ2n) is 6.71. The molecular formula is C23H24N3S+. The van der Waals surface area contributed by atoms with Crippen LogP contribution in [0.5, 0.6) is 0 Å². The number of rotatable bonds is 4. The summed E-state index contributed by atoms with van der Waals surface area (Å²) in [5, 5.41) is 4.75. The first-order chi connectivity index (χ1) is 13.2. The molecule has 0 saturated carbocycles. The largest absolute Gasteiger partial charge is 0.355 e. The number of anilines is 2. The Morgan fingerprint density at radius 2 is 1.63 bits per heavy atom. The molecule has 0 fully saturated rings. The van der Waals surface area contributed by atoms with E-state index in [9.17, 15) is 0 Å². The van der Waals surface area contributed by atoms with Crippen LogP contribution < -0.4 is 15.2 Å². The Bertz CT molecular complexity index is 1120. The van der Waals surface area contributed by atoms with Crippen molar-refractivity contribution in [1.29, 1.82) is 0 Å². The lowest BCUT2D eigenvalue weighted by molar-refractivity contribution is 0.626. The van der Waals surface area contributed by atoms with Crippen molar-refractivity contribution in [2.45, 2.75) is 20.8 Å². The van der Waals surface area contributed by atoms with Gasteiger partial charge in [-0.3, -0.25) is 0 Å². The maximum absolute atomic E-state index is 4.85. The molecule has 0 unspecified atom stereocenters. The fourth-order valence-electron chi connectivity index (χ4n) is 3.28. The molecule has 1 heterocycles. The maximum Gasteiger partial charge on any atom is 0.201 e. The zero-order valence-electron chi connectivity index (χ0n) is 16.0. The van der Waals surface area contributed by atoms with E-state index in [4.69, 9.17) is 4.98 Å². The van der Waals surface area contributed by atoms with E-state index in [1.807, 2.05) is 0 Å². The van der Waals surface area contributed by atoms with Gasteiger partial charge in [0.15, 0.2) is 0 Å². The van der Waals surface area contributed by atoms with Gasteiger partial charge < -0.3 is 5.32 Å². The summed E-state index contributed by atoms with van der Waals surface area (Å²) in [4.78, 5) is 6.08. The third kappa shape index (κ3) is 3.71. The lowest BCUT2D eigenvalue weighted by Crippen LogP contribution is -2.29. The normalized spacial score (nSPS) is 11.1. The predicted molar refractivity (Wildman–Crippen MR) is 117 cm³/mol. The highest BCUT2D eigenvalue weighted by Crippen LogP contribution is 2.31. The quantitative estimate of drug-likeness (QED) is 0.389. The number of nitrogens with one attached hydrogen (secondary N) is 1. The molecule has 1 aliphatic heterocycles. The molecule has 136 valence electrons. The summed E-state index contributed by atoms with van der Waals surface area (Å²) in [6.45, 7) is 8.51. The van der Waals surface area contributed by atoms with Gasteiger partial charge in [0.2, 0.25) is 5.36 Å². The highest BCUT2D eigenvalue weighted by Gasteiger charge is 2.10. The smallest absolute Gasteiger partial charge is 0.201 e. The second kappa shape index (κ2) is 7.49. The molecule has 0 atom stereocenters. The van der Waals surface area contributed by atoms with E-state index in [0.717, 1.165) is 35.7 Å². The molecule has 4 heteroatoms. The molecule has 3 nitrogen and oxygen atoms in total. The number of nitrogens with zero attached hydrogens (tertiary/aromatic N) is 2. The first-order valence-corrected chi connectivity index (χ1v) is 10.2. The van der Waals surface area contributed by atoms with Crippen molar-refractivity contribution in [3.05, 3.63) is 71.6 Å². The van der Waals surface area contributed by atoms with Crippen molar-refractivity contribution in [2.24, 2.45) is 0 Å². The number of aryl methyl sites for hydroxylation is 1. The van der Waals surface area contributed by atoms with Gasteiger partial charge in [-0.2, -0.15) is 0 Å². The molecule has 0 amide bonds. The monoisotopic (exact) mass is 374 g/mol. The SMILES string of the molecule is CC[N+](CC)=c1ccc2nc3ccc(Nc4ccc(C)cc4)cc3sc-2c1. The average molecular weight is 375 g/mol. The van der Waals surface area contributed by atoms with Gasteiger partial charge in [-0.25, -0.2) is 9.56 Å². The lowest BCUT2D eigenvalue weighted by atomic mass is 10.2. The van der Waals surface area contributed by atoms with Crippen LogP contribution in [0.15, 0.2) is 60.7 Å². The minimum atomic E-state index is 1.01. The third-order valence-electron chi connectivity index (χ3n) is 4.83. The molecule has 1 aliphatic carbocycles. The molecule has 0 aromatic heterocycles. The summed E-state index contributed by atoms with van der Waals surface area (Å²) < 4.78 is 3.56. The zero-order valence-corrected chi connectivity index (χ0v) is 16.8. The van der Waals surface area contributed by atoms with Crippen LogP contribution in [0.3, 0.4) is 0 Å². The van der Waals surface area contributed by atoms with Crippen LogP contribution in [0.2, 0.25) is 0 Å². The van der Waals surface area contributed by atoms with E-state index >= 15 is 0 Å². The van der Waals surface area contributed by atoms with Gasteiger partial charge in [0, 0.05) is 23.5 Å². The Labute approximate surface area is 164 Å².